The third-order valence-electron chi connectivity index (χ3n) is 1.19. The standard InChI is InChI=1S/C8H8BrClN2/c1-6(10)3-12-8-2-7(9)4-11-5-8/h2,4-5,12H,1,3H2. The lowest BCUT2D eigenvalue weighted by molar-refractivity contribution is 1.25. The predicted molar refractivity (Wildman–Crippen MR) is 55.4 cm³/mol. The third-order valence-corrected chi connectivity index (χ3v) is 1.76. The highest BCUT2D eigenvalue weighted by atomic mass is 79.9. The summed E-state index contributed by atoms with van der Waals surface area (Å²) in [5, 5.41) is 3.64. The molecule has 0 aliphatic heterocycles. The Morgan fingerprint density at radius 2 is 2.42 bits per heavy atom. The lowest BCUT2D eigenvalue weighted by atomic mass is 10.4. The highest BCUT2D eigenvalue weighted by molar-refractivity contribution is 9.10. The molecule has 1 N–H and O–H groups in total. The number of rotatable bonds is 3. The van der Waals surface area contributed by atoms with Gasteiger partial charge in [0, 0.05) is 15.7 Å². The van der Waals surface area contributed by atoms with Crippen LogP contribution in [0.15, 0.2) is 34.5 Å². The molecule has 0 atom stereocenters. The zero-order valence-corrected chi connectivity index (χ0v) is 8.69. The van der Waals surface area contributed by atoms with Gasteiger partial charge < -0.3 is 5.32 Å². The Morgan fingerprint density at radius 3 is 3.00 bits per heavy atom. The fourth-order valence-electron chi connectivity index (χ4n) is 0.707. The summed E-state index contributed by atoms with van der Waals surface area (Å²) in [6, 6.07) is 1.92. The van der Waals surface area contributed by atoms with Gasteiger partial charge in [-0.1, -0.05) is 18.2 Å². The second-order valence-electron chi connectivity index (χ2n) is 2.26. The minimum Gasteiger partial charge on any atom is -0.379 e. The van der Waals surface area contributed by atoms with Crippen molar-refractivity contribution in [1.29, 1.82) is 0 Å². The second kappa shape index (κ2) is 4.48. The molecule has 0 aliphatic carbocycles. The molecule has 0 unspecified atom stereocenters. The van der Waals surface area contributed by atoms with Gasteiger partial charge >= 0.3 is 0 Å². The molecule has 0 spiro atoms. The van der Waals surface area contributed by atoms with E-state index in [2.05, 4.69) is 32.8 Å². The Bertz CT molecular complexity index is 288. The summed E-state index contributed by atoms with van der Waals surface area (Å²) in [6.45, 7) is 4.12. The minimum atomic E-state index is 0.555. The predicted octanol–water partition coefficient (Wildman–Crippen LogP) is 3.01. The molecule has 1 heterocycles. The average molecular weight is 248 g/mol. The molecule has 0 aliphatic rings. The maximum absolute atomic E-state index is 5.58. The van der Waals surface area contributed by atoms with Crippen LogP contribution >= 0.6 is 27.5 Å². The van der Waals surface area contributed by atoms with Gasteiger partial charge in [0.15, 0.2) is 0 Å². The third kappa shape index (κ3) is 3.24. The molecular weight excluding hydrogens is 239 g/mol. The largest absolute Gasteiger partial charge is 0.379 e. The highest BCUT2D eigenvalue weighted by Crippen LogP contribution is 2.13. The topological polar surface area (TPSA) is 24.9 Å². The summed E-state index contributed by atoms with van der Waals surface area (Å²) in [5.41, 5.74) is 0.922. The SMILES string of the molecule is C=C(Cl)CNc1cncc(Br)c1. The number of aromatic nitrogens is 1. The summed E-state index contributed by atoms with van der Waals surface area (Å²) in [5.74, 6) is 0. The summed E-state index contributed by atoms with van der Waals surface area (Å²) >= 11 is 8.89. The van der Waals surface area contributed by atoms with Crippen LogP contribution in [0.3, 0.4) is 0 Å². The van der Waals surface area contributed by atoms with Gasteiger partial charge in [-0.25, -0.2) is 0 Å². The Kier molecular flexibility index (Phi) is 3.56. The molecule has 12 heavy (non-hydrogen) atoms. The van der Waals surface area contributed by atoms with Crippen molar-refractivity contribution in [2.24, 2.45) is 0 Å². The molecule has 0 radical (unpaired) electrons. The number of hydrogen-bond donors (Lipinski definition) is 1. The van der Waals surface area contributed by atoms with Crippen molar-refractivity contribution in [3.05, 3.63) is 34.5 Å². The van der Waals surface area contributed by atoms with Crippen LogP contribution in [0.4, 0.5) is 5.69 Å². The van der Waals surface area contributed by atoms with Crippen molar-refractivity contribution in [2.45, 2.75) is 0 Å². The van der Waals surface area contributed by atoms with E-state index in [4.69, 9.17) is 11.6 Å². The molecule has 1 rings (SSSR count). The lowest BCUT2D eigenvalue weighted by Crippen LogP contribution is -2.00. The first-order valence-electron chi connectivity index (χ1n) is 3.36. The van der Waals surface area contributed by atoms with E-state index >= 15 is 0 Å². The monoisotopic (exact) mass is 246 g/mol. The Balaban J connectivity index is 2.57. The van der Waals surface area contributed by atoms with E-state index in [1.165, 1.54) is 0 Å². The van der Waals surface area contributed by atoms with Crippen LogP contribution in [0.2, 0.25) is 0 Å². The molecule has 0 amide bonds. The van der Waals surface area contributed by atoms with Gasteiger partial charge in [-0.15, -0.1) is 0 Å². The molecule has 0 bridgehead atoms. The Morgan fingerprint density at radius 1 is 1.67 bits per heavy atom. The first-order valence-corrected chi connectivity index (χ1v) is 4.53. The van der Waals surface area contributed by atoms with Crippen LogP contribution in [0, 0.1) is 0 Å². The molecule has 64 valence electrons. The van der Waals surface area contributed by atoms with Gasteiger partial charge in [-0.3, -0.25) is 4.98 Å². The molecule has 2 nitrogen and oxygen atoms in total. The van der Waals surface area contributed by atoms with E-state index in [-0.39, 0.29) is 0 Å². The Hall–Kier alpha value is -0.540. The van der Waals surface area contributed by atoms with E-state index in [9.17, 15) is 0 Å². The van der Waals surface area contributed by atoms with Crippen molar-refractivity contribution in [2.75, 3.05) is 11.9 Å². The van der Waals surface area contributed by atoms with Crippen LogP contribution in [0.5, 0.6) is 0 Å². The van der Waals surface area contributed by atoms with Gasteiger partial charge in [0.05, 0.1) is 18.4 Å². The number of pyridine rings is 1. The number of anilines is 1. The van der Waals surface area contributed by atoms with E-state index in [0.717, 1.165) is 10.2 Å². The number of nitrogens with one attached hydrogen (secondary N) is 1. The van der Waals surface area contributed by atoms with E-state index in [1.807, 2.05) is 6.07 Å². The maximum atomic E-state index is 5.58. The van der Waals surface area contributed by atoms with Crippen molar-refractivity contribution >= 4 is 33.2 Å². The summed E-state index contributed by atoms with van der Waals surface area (Å²) in [6.07, 6.45) is 3.45. The molecule has 0 saturated carbocycles. The molecule has 0 saturated heterocycles. The number of halogens is 2. The van der Waals surface area contributed by atoms with Crippen molar-refractivity contribution < 1.29 is 0 Å². The summed E-state index contributed by atoms with van der Waals surface area (Å²) in [7, 11) is 0. The average Bonchev–Trinajstić information content (AvgIpc) is 2.01. The van der Waals surface area contributed by atoms with Gasteiger partial charge in [-0.2, -0.15) is 0 Å². The van der Waals surface area contributed by atoms with Crippen LogP contribution in [0.25, 0.3) is 0 Å². The second-order valence-corrected chi connectivity index (χ2v) is 3.71. The van der Waals surface area contributed by atoms with Gasteiger partial charge in [0.25, 0.3) is 0 Å². The summed E-state index contributed by atoms with van der Waals surface area (Å²) in [4.78, 5) is 3.98. The molecule has 0 aromatic carbocycles. The van der Waals surface area contributed by atoms with Crippen LogP contribution in [-0.4, -0.2) is 11.5 Å². The first kappa shape index (κ1) is 9.55. The zero-order valence-electron chi connectivity index (χ0n) is 6.35. The molecular formula is C8H8BrClN2. The van der Waals surface area contributed by atoms with Crippen LogP contribution < -0.4 is 5.32 Å². The van der Waals surface area contributed by atoms with Gasteiger partial charge in [0.2, 0.25) is 0 Å². The fourth-order valence-corrected chi connectivity index (χ4v) is 1.14. The van der Waals surface area contributed by atoms with Gasteiger partial charge in [-0.05, 0) is 22.0 Å². The number of nitrogens with zero attached hydrogens (tertiary/aromatic N) is 1. The number of hydrogen-bond acceptors (Lipinski definition) is 2. The molecule has 1 aromatic rings. The summed E-state index contributed by atoms with van der Waals surface area (Å²) < 4.78 is 0.938. The lowest BCUT2D eigenvalue weighted by Gasteiger charge is -2.03. The highest BCUT2D eigenvalue weighted by Gasteiger charge is 1.93. The van der Waals surface area contributed by atoms with E-state index in [1.54, 1.807) is 12.4 Å². The minimum absolute atomic E-state index is 0.555. The quantitative estimate of drug-likeness (QED) is 0.888. The normalized spacial score (nSPS) is 9.50. The molecule has 4 heteroatoms. The Labute approximate surface area is 84.8 Å². The maximum Gasteiger partial charge on any atom is 0.0541 e. The smallest absolute Gasteiger partial charge is 0.0541 e. The van der Waals surface area contributed by atoms with Crippen molar-refractivity contribution in [3.8, 4) is 0 Å². The van der Waals surface area contributed by atoms with E-state index < -0.39 is 0 Å². The first-order chi connectivity index (χ1) is 5.68. The van der Waals surface area contributed by atoms with Crippen molar-refractivity contribution in [1.82, 2.24) is 4.98 Å². The molecule has 1 aromatic heterocycles. The molecule has 0 fully saturated rings. The van der Waals surface area contributed by atoms with E-state index in [0.29, 0.717) is 11.6 Å². The van der Waals surface area contributed by atoms with Gasteiger partial charge in [0.1, 0.15) is 0 Å². The fraction of sp³-hybridized carbons (Fsp3) is 0.125. The zero-order chi connectivity index (χ0) is 8.97. The van der Waals surface area contributed by atoms with Crippen LogP contribution in [-0.2, 0) is 0 Å². The van der Waals surface area contributed by atoms with Crippen molar-refractivity contribution in [3.63, 3.8) is 0 Å². The van der Waals surface area contributed by atoms with Crippen LogP contribution in [0.1, 0.15) is 0 Å².